The van der Waals surface area contributed by atoms with Crippen molar-refractivity contribution in [3.05, 3.63) is 125 Å². The summed E-state index contributed by atoms with van der Waals surface area (Å²) in [6.07, 6.45) is 0.431. The quantitative estimate of drug-likeness (QED) is 0.302. The van der Waals surface area contributed by atoms with Crippen LogP contribution in [0.15, 0.2) is 100 Å². The highest BCUT2D eigenvalue weighted by Crippen LogP contribution is 2.24. The summed E-state index contributed by atoms with van der Waals surface area (Å²) in [6, 6.07) is 26.3. The third-order valence-electron chi connectivity index (χ3n) is 6.01. The maximum absolute atomic E-state index is 14.5. The van der Waals surface area contributed by atoms with E-state index in [1.54, 1.807) is 43.3 Å². The predicted octanol–water partition coefficient (Wildman–Crippen LogP) is 5.52. The van der Waals surface area contributed by atoms with E-state index in [0.29, 0.717) is 17.5 Å². The smallest absolute Gasteiger partial charge is 0.245 e. The standard InChI is InChI=1S/C28H24FN3O3S/c1-19-8-7-13-23(27(19)29)18-26-30-28(35-31-26)25(16-20-9-3-2-4-10-20)32-36(33,34)24-15-14-21-11-5-6-12-22(21)17-24/h2-15,17,25,32H,16,18H2,1H3/t25-/m0/s1. The lowest BCUT2D eigenvalue weighted by molar-refractivity contribution is 0.341. The molecule has 8 heteroatoms. The summed E-state index contributed by atoms with van der Waals surface area (Å²) in [7, 11) is -3.92. The zero-order valence-electron chi connectivity index (χ0n) is 19.6. The van der Waals surface area contributed by atoms with Gasteiger partial charge in [-0.1, -0.05) is 84.0 Å². The fourth-order valence-electron chi connectivity index (χ4n) is 4.11. The lowest BCUT2D eigenvalue weighted by Gasteiger charge is -2.16. The van der Waals surface area contributed by atoms with Crippen molar-refractivity contribution in [2.45, 2.75) is 30.7 Å². The molecule has 0 aliphatic heterocycles. The highest BCUT2D eigenvalue weighted by Gasteiger charge is 2.27. The molecule has 36 heavy (non-hydrogen) atoms. The van der Waals surface area contributed by atoms with Crippen molar-refractivity contribution < 1.29 is 17.3 Å². The van der Waals surface area contributed by atoms with Gasteiger partial charge in [0.15, 0.2) is 5.82 Å². The Morgan fingerprint density at radius 3 is 2.47 bits per heavy atom. The lowest BCUT2D eigenvalue weighted by Crippen LogP contribution is -2.30. The molecule has 0 aliphatic rings. The summed E-state index contributed by atoms with van der Waals surface area (Å²) in [4.78, 5) is 4.57. The van der Waals surface area contributed by atoms with E-state index in [0.717, 1.165) is 16.3 Å². The molecule has 0 radical (unpaired) electrons. The number of fused-ring (bicyclic) bond motifs is 1. The van der Waals surface area contributed by atoms with Gasteiger partial charge in [0.25, 0.3) is 0 Å². The second-order valence-electron chi connectivity index (χ2n) is 8.65. The molecule has 0 spiro atoms. The van der Waals surface area contributed by atoms with Crippen LogP contribution in [0.25, 0.3) is 10.8 Å². The molecule has 0 saturated heterocycles. The number of nitrogens with zero attached hydrogens (tertiary/aromatic N) is 2. The zero-order chi connectivity index (χ0) is 25.1. The highest BCUT2D eigenvalue weighted by atomic mass is 32.2. The first kappa shape index (κ1) is 23.8. The molecule has 0 amide bonds. The Morgan fingerprint density at radius 2 is 1.67 bits per heavy atom. The van der Waals surface area contributed by atoms with Crippen molar-refractivity contribution >= 4 is 20.8 Å². The number of halogens is 1. The number of rotatable bonds is 8. The van der Waals surface area contributed by atoms with Crippen LogP contribution in [0.5, 0.6) is 0 Å². The van der Waals surface area contributed by atoms with Gasteiger partial charge in [-0.3, -0.25) is 0 Å². The minimum atomic E-state index is -3.92. The third-order valence-corrected chi connectivity index (χ3v) is 7.48. The number of hydrogen-bond acceptors (Lipinski definition) is 5. The topological polar surface area (TPSA) is 85.1 Å². The van der Waals surface area contributed by atoms with Crippen molar-refractivity contribution in [1.82, 2.24) is 14.9 Å². The van der Waals surface area contributed by atoms with Gasteiger partial charge in [0.1, 0.15) is 11.9 Å². The van der Waals surface area contributed by atoms with E-state index >= 15 is 0 Å². The van der Waals surface area contributed by atoms with Crippen LogP contribution < -0.4 is 4.72 Å². The van der Waals surface area contributed by atoms with Crippen LogP contribution in [0.1, 0.15) is 34.4 Å². The van der Waals surface area contributed by atoms with Crippen LogP contribution in [0.3, 0.4) is 0 Å². The summed E-state index contributed by atoms with van der Waals surface area (Å²) in [5.41, 5.74) is 1.87. The second kappa shape index (κ2) is 10.0. The average molecular weight is 502 g/mol. The van der Waals surface area contributed by atoms with E-state index in [1.165, 1.54) is 0 Å². The Balaban J connectivity index is 1.45. The maximum atomic E-state index is 14.5. The molecule has 5 rings (SSSR count). The van der Waals surface area contributed by atoms with Crippen LogP contribution in [-0.2, 0) is 22.9 Å². The summed E-state index contributed by atoms with van der Waals surface area (Å²) in [5, 5.41) is 5.77. The third kappa shape index (κ3) is 5.19. The molecule has 4 aromatic carbocycles. The Kier molecular flexibility index (Phi) is 6.63. The molecule has 0 unspecified atom stereocenters. The number of benzene rings is 4. The first-order chi connectivity index (χ1) is 17.4. The molecule has 0 aliphatic carbocycles. The predicted molar refractivity (Wildman–Crippen MR) is 135 cm³/mol. The van der Waals surface area contributed by atoms with Crippen molar-refractivity contribution in [2.24, 2.45) is 0 Å². The van der Waals surface area contributed by atoms with E-state index in [1.807, 2.05) is 54.6 Å². The Labute approximate surface area is 208 Å². The van der Waals surface area contributed by atoms with Gasteiger partial charge < -0.3 is 4.52 Å². The minimum Gasteiger partial charge on any atom is -0.338 e. The van der Waals surface area contributed by atoms with Crippen molar-refractivity contribution in [1.29, 1.82) is 0 Å². The second-order valence-corrected chi connectivity index (χ2v) is 10.4. The monoisotopic (exact) mass is 501 g/mol. The summed E-state index contributed by atoms with van der Waals surface area (Å²) in [6.45, 7) is 1.69. The van der Waals surface area contributed by atoms with E-state index in [2.05, 4.69) is 14.9 Å². The first-order valence-electron chi connectivity index (χ1n) is 11.5. The summed E-state index contributed by atoms with van der Waals surface area (Å²) in [5.74, 6) is 0.0745. The maximum Gasteiger partial charge on any atom is 0.245 e. The molecule has 1 aromatic heterocycles. The van der Waals surface area contributed by atoms with Gasteiger partial charge in [0, 0.05) is 6.42 Å². The van der Waals surface area contributed by atoms with Crippen molar-refractivity contribution in [2.75, 3.05) is 0 Å². The Bertz CT molecular complexity index is 1620. The molecule has 1 N–H and O–H groups in total. The summed E-state index contributed by atoms with van der Waals surface area (Å²) >= 11 is 0. The van der Waals surface area contributed by atoms with Crippen molar-refractivity contribution in [3.63, 3.8) is 0 Å². The molecule has 0 saturated carbocycles. The number of aromatic nitrogens is 2. The Morgan fingerprint density at radius 1 is 0.917 bits per heavy atom. The highest BCUT2D eigenvalue weighted by molar-refractivity contribution is 7.89. The van der Waals surface area contributed by atoms with Crippen LogP contribution >= 0.6 is 0 Å². The van der Waals surface area contributed by atoms with Gasteiger partial charge in [-0.05, 0) is 52.9 Å². The van der Waals surface area contributed by atoms with Crippen LogP contribution in [0, 0.1) is 12.7 Å². The van der Waals surface area contributed by atoms with Crippen LogP contribution in [0.2, 0.25) is 0 Å². The Hall–Kier alpha value is -3.88. The molecule has 182 valence electrons. The molecule has 0 fully saturated rings. The number of aryl methyl sites for hydroxylation is 1. The zero-order valence-corrected chi connectivity index (χ0v) is 20.4. The number of sulfonamides is 1. The first-order valence-corrected chi connectivity index (χ1v) is 13.0. The number of nitrogens with one attached hydrogen (secondary N) is 1. The fourth-order valence-corrected chi connectivity index (χ4v) is 5.34. The molecule has 1 heterocycles. The van der Waals surface area contributed by atoms with E-state index in [4.69, 9.17) is 4.52 Å². The summed E-state index contributed by atoms with van der Waals surface area (Å²) < 4.78 is 49.5. The average Bonchev–Trinajstić information content (AvgIpc) is 3.35. The molecule has 6 nitrogen and oxygen atoms in total. The normalized spacial score (nSPS) is 12.6. The van der Waals surface area contributed by atoms with E-state index in [9.17, 15) is 12.8 Å². The lowest BCUT2D eigenvalue weighted by atomic mass is 10.1. The SMILES string of the molecule is Cc1cccc(Cc2noc([C@H](Cc3ccccc3)NS(=O)(=O)c3ccc4ccccc4c3)n2)c1F. The van der Waals surface area contributed by atoms with Gasteiger partial charge in [0.05, 0.1) is 4.90 Å². The minimum absolute atomic E-state index is 0.117. The largest absolute Gasteiger partial charge is 0.338 e. The molecular weight excluding hydrogens is 477 g/mol. The van der Waals surface area contributed by atoms with Crippen LogP contribution in [0.4, 0.5) is 4.39 Å². The van der Waals surface area contributed by atoms with Gasteiger partial charge in [-0.2, -0.15) is 9.71 Å². The van der Waals surface area contributed by atoms with E-state index < -0.39 is 16.1 Å². The molecule has 1 atom stereocenters. The van der Waals surface area contributed by atoms with Gasteiger partial charge in [0.2, 0.25) is 15.9 Å². The fraction of sp³-hybridized carbons (Fsp3) is 0.143. The van der Waals surface area contributed by atoms with E-state index in [-0.39, 0.29) is 28.8 Å². The number of hydrogen-bond donors (Lipinski definition) is 1. The molecule has 0 bridgehead atoms. The van der Waals surface area contributed by atoms with Gasteiger partial charge in [-0.25, -0.2) is 12.8 Å². The van der Waals surface area contributed by atoms with Gasteiger partial charge in [-0.15, -0.1) is 0 Å². The molecule has 5 aromatic rings. The van der Waals surface area contributed by atoms with Crippen LogP contribution in [-0.4, -0.2) is 18.6 Å². The molecular formula is C28H24FN3O3S. The van der Waals surface area contributed by atoms with Crippen molar-refractivity contribution in [3.8, 4) is 0 Å². The van der Waals surface area contributed by atoms with Gasteiger partial charge >= 0.3 is 0 Å².